The maximum Gasteiger partial charge on any atom is 0.208 e. The fourth-order valence-corrected chi connectivity index (χ4v) is 2.28. The van der Waals surface area contributed by atoms with Crippen LogP contribution in [0.3, 0.4) is 0 Å². The van der Waals surface area contributed by atoms with Crippen molar-refractivity contribution in [2.24, 2.45) is 0 Å². The molecule has 2 rings (SSSR count). The lowest BCUT2D eigenvalue weighted by molar-refractivity contribution is 0.474. The Morgan fingerprint density at radius 3 is 2.58 bits per heavy atom. The highest BCUT2D eigenvalue weighted by atomic mass is 32.2. The van der Waals surface area contributed by atoms with E-state index in [1.54, 1.807) is 6.92 Å². The summed E-state index contributed by atoms with van der Waals surface area (Å²) in [5.74, 6) is 1.27. The van der Waals surface area contributed by atoms with Gasteiger partial charge in [0.2, 0.25) is 10.0 Å². The van der Waals surface area contributed by atoms with E-state index >= 15 is 0 Å². The van der Waals surface area contributed by atoms with Gasteiger partial charge in [0.25, 0.3) is 0 Å². The number of benzene rings is 1. The van der Waals surface area contributed by atoms with E-state index in [4.69, 9.17) is 4.42 Å². The first-order valence-electron chi connectivity index (χ1n) is 5.92. The smallest absolute Gasteiger partial charge is 0.208 e. The van der Waals surface area contributed by atoms with Crippen LogP contribution < -0.4 is 4.72 Å². The lowest BCUT2D eigenvalue weighted by Crippen LogP contribution is -2.24. The molecule has 0 saturated heterocycles. The first-order chi connectivity index (χ1) is 8.96. The molecule has 0 bridgehead atoms. The second kappa shape index (κ2) is 5.54. The predicted octanol–water partition coefficient (Wildman–Crippen LogP) is 1.74. The van der Waals surface area contributed by atoms with Gasteiger partial charge in [-0.2, -0.15) is 0 Å². The minimum absolute atomic E-state index is 0.299. The van der Waals surface area contributed by atoms with Crippen LogP contribution in [-0.2, 0) is 16.4 Å². The zero-order valence-electron chi connectivity index (χ0n) is 10.9. The molecule has 0 atom stereocenters. The van der Waals surface area contributed by atoms with Crippen LogP contribution in [0.25, 0.3) is 11.3 Å². The van der Waals surface area contributed by atoms with Crippen molar-refractivity contribution in [3.63, 3.8) is 0 Å². The minimum atomic E-state index is -3.18. The van der Waals surface area contributed by atoms with Crippen LogP contribution in [0.4, 0.5) is 0 Å². The molecule has 0 amide bonds. The first-order valence-corrected chi connectivity index (χ1v) is 7.81. The van der Waals surface area contributed by atoms with E-state index in [1.165, 1.54) is 0 Å². The standard InChI is InChI=1S/C13H16N2O3S/c1-10-15-13(11-6-4-3-5-7-11)12(18-10)8-9-14-19(2,16)17/h3-7,14H,8-9H2,1-2H3. The molecule has 0 radical (unpaired) electrons. The largest absolute Gasteiger partial charge is 0.445 e. The molecule has 1 aromatic heterocycles. The Labute approximate surface area is 112 Å². The number of aromatic nitrogens is 1. The van der Waals surface area contributed by atoms with Crippen molar-refractivity contribution in [2.45, 2.75) is 13.3 Å². The summed E-state index contributed by atoms with van der Waals surface area (Å²) in [6.45, 7) is 2.08. The van der Waals surface area contributed by atoms with Gasteiger partial charge in [0.05, 0.1) is 6.26 Å². The summed E-state index contributed by atoms with van der Waals surface area (Å²) in [6.07, 6.45) is 1.61. The van der Waals surface area contributed by atoms with Gasteiger partial charge in [0.1, 0.15) is 11.5 Å². The average Bonchev–Trinajstić information content (AvgIpc) is 2.70. The molecule has 0 unspecified atom stereocenters. The maximum absolute atomic E-state index is 11.0. The molecule has 2 aromatic rings. The quantitative estimate of drug-likeness (QED) is 0.905. The SMILES string of the molecule is Cc1nc(-c2ccccc2)c(CCNS(C)(=O)=O)o1. The van der Waals surface area contributed by atoms with Crippen LogP contribution in [-0.4, -0.2) is 26.2 Å². The zero-order valence-corrected chi connectivity index (χ0v) is 11.7. The molecule has 0 aliphatic carbocycles. The number of rotatable bonds is 5. The maximum atomic E-state index is 11.0. The molecule has 0 aliphatic rings. The van der Waals surface area contributed by atoms with Gasteiger partial charge in [0, 0.05) is 25.5 Å². The van der Waals surface area contributed by atoms with Crippen molar-refractivity contribution in [1.29, 1.82) is 0 Å². The number of nitrogens with zero attached hydrogens (tertiary/aromatic N) is 1. The predicted molar refractivity (Wildman–Crippen MR) is 73.2 cm³/mol. The van der Waals surface area contributed by atoms with Crippen LogP contribution in [0.5, 0.6) is 0 Å². The molecular weight excluding hydrogens is 264 g/mol. The Bertz CT molecular complexity index is 648. The van der Waals surface area contributed by atoms with E-state index in [1.807, 2.05) is 30.3 Å². The molecule has 1 aromatic carbocycles. The average molecular weight is 280 g/mol. The third kappa shape index (κ3) is 3.90. The Balaban J connectivity index is 2.18. The summed E-state index contributed by atoms with van der Waals surface area (Å²) >= 11 is 0. The third-order valence-corrected chi connectivity index (χ3v) is 3.30. The van der Waals surface area contributed by atoms with Crippen molar-refractivity contribution in [3.05, 3.63) is 42.0 Å². The third-order valence-electron chi connectivity index (χ3n) is 2.57. The Hall–Kier alpha value is -1.66. The topological polar surface area (TPSA) is 72.2 Å². The summed E-state index contributed by atoms with van der Waals surface area (Å²) in [7, 11) is -3.18. The molecular formula is C13H16N2O3S. The van der Waals surface area contributed by atoms with Crippen LogP contribution >= 0.6 is 0 Å². The van der Waals surface area contributed by atoms with Crippen LogP contribution in [0.1, 0.15) is 11.7 Å². The number of sulfonamides is 1. The van der Waals surface area contributed by atoms with Gasteiger partial charge in [-0.15, -0.1) is 0 Å². The summed E-state index contributed by atoms with van der Waals surface area (Å²) in [5.41, 5.74) is 1.74. The van der Waals surface area contributed by atoms with E-state index in [9.17, 15) is 8.42 Å². The molecule has 0 fully saturated rings. The minimum Gasteiger partial charge on any atom is -0.445 e. The van der Waals surface area contributed by atoms with E-state index in [-0.39, 0.29) is 0 Å². The van der Waals surface area contributed by atoms with E-state index in [2.05, 4.69) is 9.71 Å². The second-order valence-corrected chi connectivity index (χ2v) is 6.12. The Kier molecular flexibility index (Phi) is 4.01. The molecule has 102 valence electrons. The highest BCUT2D eigenvalue weighted by Gasteiger charge is 2.13. The van der Waals surface area contributed by atoms with Gasteiger partial charge in [-0.1, -0.05) is 30.3 Å². The lowest BCUT2D eigenvalue weighted by Gasteiger charge is -2.02. The molecule has 5 nitrogen and oxygen atoms in total. The van der Waals surface area contributed by atoms with Gasteiger partial charge < -0.3 is 4.42 Å². The Morgan fingerprint density at radius 1 is 1.26 bits per heavy atom. The Morgan fingerprint density at radius 2 is 1.95 bits per heavy atom. The molecule has 0 aliphatic heterocycles. The fraction of sp³-hybridized carbons (Fsp3) is 0.308. The summed E-state index contributed by atoms with van der Waals surface area (Å²) < 4.78 is 30.0. The summed E-state index contributed by atoms with van der Waals surface area (Å²) in [6, 6.07) is 9.69. The lowest BCUT2D eigenvalue weighted by atomic mass is 10.1. The van der Waals surface area contributed by atoms with Crippen LogP contribution in [0, 0.1) is 6.92 Å². The van der Waals surface area contributed by atoms with E-state index in [0.29, 0.717) is 24.6 Å². The van der Waals surface area contributed by atoms with Crippen molar-refractivity contribution in [2.75, 3.05) is 12.8 Å². The fourth-order valence-electron chi connectivity index (χ4n) is 1.81. The number of aryl methyl sites for hydroxylation is 1. The zero-order chi connectivity index (χ0) is 13.9. The van der Waals surface area contributed by atoms with Crippen LogP contribution in [0.2, 0.25) is 0 Å². The highest BCUT2D eigenvalue weighted by molar-refractivity contribution is 7.88. The van der Waals surface area contributed by atoms with Gasteiger partial charge >= 0.3 is 0 Å². The molecule has 0 saturated carbocycles. The van der Waals surface area contributed by atoms with Gasteiger partial charge in [-0.25, -0.2) is 18.1 Å². The van der Waals surface area contributed by atoms with Gasteiger partial charge in [0.15, 0.2) is 5.89 Å². The first kappa shape index (κ1) is 13.8. The van der Waals surface area contributed by atoms with Crippen molar-refractivity contribution >= 4 is 10.0 Å². The van der Waals surface area contributed by atoms with Crippen molar-refractivity contribution in [3.8, 4) is 11.3 Å². The second-order valence-electron chi connectivity index (χ2n) is 4.29. The molecule has 0 spiro atoms. The molecule has 1 N–H and O–H groups in total. The van der Waals surface area contributed by atoms with E-state index < -0.39 is 10.0 Å². The number of hydrogen-bond acceptors (Lipinski definition) is 4. The monoisotopic (exact) mass is 280 g/mol. The normalized spacial score (nSPS) is 11.7. The van der Waals surface area contributed by atoms with E-state index in [0.717, 1.165) is 17.5 Å². The number of hydrogen-bond donors (Lipinski definition) is 1. The molecule has 1 heterocycles. The molecule has 19 heavy (non-hydrogen) atoms. The highest BCUT2D eigenvalue weighted by Crippen LogP contribution is 2.23. The summed E-state index contributed by atoms with van der Waals surface area (Å²) in [5, 5.41) is 0. The van der Waals surface area contributed by atoms with Crippen molar-refractivity contribution < 1.29 is 12.8 Å². The van der Waals surface area contributed by atoms with Gasteiger partial charge in [-0.3, -0.25) is 0 Å². The van der Waals surface area contributed by atoms with Gasteiger partial charge in [-0.05, 0) is 0 Å². The molecule has 6 heteroatoms. The summed E-state index contributed by atoms with van der Waals surface area (Å²) in [4.78, 5) is 4.35. The number of oxazole rings is 1. The number of nitrogens with one attached hydrogen (secondary N) is 1. The van der Waals surface area contributed by atoms with Crippen molar-refractivity contribution in [1.82, 2.24) is 9.71 Å². The van der Waals surface area contributed by atoms with Crippen LogP contribution in [0.15, 0.2) is 34.7 Å².